The van der Waals surface area contributed by atoms with E-state index in [1.807, 2.05) is 30.3 Å². The van der Waals surface area contributed by atoms with Crippen molar-refractivity contribution >= 4 is 28.4 Å². The van der Waals surface area contributed by atoms with Gasteiger partial charge in [0, 0.05) is 28.9 Å². The van der Waals surface area contributed by atoms with Crippen LogP contribution in [0.15, 0.2) is 79.0 Å². The summed E-state index contributed by atoms with van der Waals surface area (Å²) in [7, 11) is 0. The van der Waals surface area contributed by atoms with Gasteiger partial charge in [0.05, 0.1) is 5.52 Å². The van der Waals surface area contributed by atoms with Gasteiger partial charge >= 0.3 is 0 Å². The molecule has 0 bridgehead atoms. The van der Waals surface area contributed by atoms with E-state index < -0.39 is 17.8 Å². The van der Waals surface area contributed by atoms with Crippen LogP contribution in [-0.4, -0.2) is 36.1 Å². The van der Waals surface area contributed by atoms with Gasteiger partial charge in [-0.25, -0.2) is 4.39 Å². The number of halogens is 1. The summed E-state index contributed by atoms with van der Waals surface area (Å²) in [5.74, 6) is -0.278. The summed E-state index contributed by atoms with van der Waals surface area (Å²) in [4.78, 5) is 34.3. The number of anilines is 1. The average Bonchev–Trinajstić information content (AvgIpc) is 2.99. The lowest BCUT2D eigenvalue weighted by Crippen LogP contribution is -2.47. The van der Waals surface area contributed by atoms with Crippen LogP contribution in [0.3, 0.4) is 0 Å². The summed E-state index contributed by atoms with van der Waals surface area (Å²) in [5, 5.41) is 4.03. The summed E-state index contributed by atoms with van der Waals surface area (Å²) in [6.07, 6.45) is 6.71. The number of carbonyl (C=O) groups is 2. The minimum atomic E-state index is -1.06. The second kappa shape index (κ2) is 11.3. The molecule has 1 N–H and O–H groups in total. The molecule has 6 rings (SSSR count). The Kier molecular flexibility index (Phi) is 7.31. The second-order valence-corrected chi connectivity index (χ2v) is 10.2. The number of amides is 2. The van der Waals surface area contributed by atoms with E-state index in [-0.39, 0.29) is 17.6 Å². The Morgan fingerprint density at radius 3 is 2.55 bits per heavy atom. The zero-order valence-electron chi connectivity index (χ0n) is 22.0. The molecule has 2 heterocycles. The number of benzene rings is 3. The van der Waals surface area contributed by atoms with Crippen molar-refractivity contribution in [3.05, 3.63) is 95.9 Å². The molecule has 7 nitrogen and oxygen atoms in total. The fraction of sp³-hybridized carbons (Fsp3) is 0.281. The van der Waals surface area contributed by atoms with Gasteiger partial charge in [0.25, 0.3) is 5.91 Å². The van der Waals surface area contributed by atoms with Gasteiger partial charge in [-0.2, -0.15) is 0 Å². The van der Waals surface area contributed by atoms with Crippen LogP contribution in [0.5, 0.6) is 11.5 Å². The first-order chi connectivity index (χ1) is 19.6. The number of hydrogen-bond donors (Lipinski definition) is 1. The Bertz CT molecular complexity index is 1550. The van der Waals surface area contributed by atoms with Crippen LogP contribution < -0.4 is 19.7 Å². The van der Waals surface area contributed by atoms with Crippen LogP contribution in [0.1, 0.15) is 54.1 Å². The van der Waals surface area contributed by atoms with Gasteiger partial charge in [-0.3, -0.25) is 19.5 Å². The number of hydrogen-bond acceptors (Lipinski definition) is 5. The number of fused-ring (bicyclic) bond motifs is 2. The molecule has 0 saturated heterocycles. The molecule has 1 aromatic heterocycles. The van der Waals surface area contributed by atoms with Gasteiger partial charge in [0.2, 0.25) is 5.91 Å². The van der Waals surface area contributed by atoms with Crippen LogP contribution in [0, 0.1) is 5.82 Å². The first-order valence-corrected chi connectivity index (χ1v) is 13.7. The smallest absolute Gasteiger partial charge is 0.259 e. The van der Waals surface area contributed by atoms with Crippen molar-refractivity contribution in [2.24, 2.45) is 0 Å². The summed E-state index contributed by atoms with van der Waals surface area (Å²) >= 11 is 0. The molecule has 3 aromatic carbocycles. The van der Waals surface area contributed by atoms with E-state index in [1.165, 1.54) is 23.1 Å². The van der Waals surface area contributed by atoms with Gasteiger partial charge in [0.1, 0.15) is 25.1 Å². The lowest BCUT2D eigenvalue weighted by molar-refractivity contribution is -0.123. The maximum atomic E-state index is 14.6. The van der Waals surface area contributed by atoms with Crippen LogP contribution in [-0.2, 0) is 4.79 Å². The fourth-order valence-electron chi connectivity index (χ4n) is 5.53. The van der Waals surface area contributed by atoms with E-state index >= 15 is 0 Å². The highest BCUT2D eigenvalue weighted by Crippen LogP contribution is 2.35. The summed E-state index contributed by atoms with van der Waals surface area (Å²) in [6, 6.07) is 18.9. The zero-order valence-corrected chi connectivity index (χ0v) is 22.0. The Morgan fingerprint density at radius 2 is 1.73 bits per heavy atom. The zero-order chi connectivity index (χ0) is 27.5. The predicted octanol–water partition coefficient (Wildman–Crippen LogP) is 5.98. The highest BCUT2D eigenvalue weighted by Gasteiger charge is 2.35. The molecule has 2 amide bonds. The van der Waals surface area contributed by atoms with E-state index in [2.05, 4.69) is 10.3 Å². The molecule has 0 spiro atoms. The van der Waals surface area contributed by atoms with Crippen molar-refractivity contribution in [1.29, 1.82) is 0 Å². The molecule has 1 fully saturated rings. The Morgan fingerprint density at radius 1 is 0.900 bits per heavy atom. The molecular formula is C32H30FN3O4. The molecule has 0 radical (unpaired) electrons. The van der Waals surface area contributed by atoms with Crippen molar-refractivity contribution in [2.45, 2.75) is 44.2 Å². The molecule has 1 atom stereocenters. The lowest BCUT2D eigenvalue weighted by Gasteiger charge is -2.34. The molecule has 1 aliphatic heterocycles. The van der Waals surface area contributed by atoms with Crippen LogP contribution in [0.4, 0.5) is 10.1 Å². The third-order valence-electron chi connectivity index (χ3n) is 7.50. The Labute approximate surface area is 231 Å². The van der Waals surface area contributed by atoms with E-state index in [4.69, 9.17) is 9.47 Å². The minimum Gasteiger partial charge on any atom is -0.486 e. The summed E-state index contributed by atoms with van der Waals surface area (Å²) < 4.78 is 25.9. The lowest BCUT2D eigenvalue weighted by atomic mass is 9.94. The Hall–Kier alpha value is -4.46. The van der Waals surface area contributed by atoms with Crippen molar-refractivity contribution < 1.29 is 23.5 Å². The molecule has 204 valence electrons. The highest BCUT2D eigenvalue weighted by molar-refractivity contribution is 6.10. The van der Waals surface area contributed by atoms with Crippen LogP contribution >= 0.6 is 0 Å². The van der Waals surface area contributed by atoms with E-state index in [1.54, 1.807) is 30.5 Å². The largest absolute Gasteiger partial charge is 0.486 e. The second-order valence-electron chi connectivity index (χ2n) is 10.2. The molecular weight excluding hydrogens is 509 g/mol. The van der Waals surface area contributed by atoms with E-state index in [0.29, 0.717) is 35.8 Å². The fourth-order valence-corrected chi connectivity index (χ4v) is 5.53. The number of rotatable bonds is 6. The van der Waals surface area contributed by atoms with Crippen molar-refractivity contribution in [3.63, 3.8) is 0 Å². The minimum absolute atomic E-state index is 0.0182. The van der Waals surface area contributed by atoms with Crippen molar-refractivity contribution in [2.75, 3.05) is 18.1 Å². The third kappa shape index (κ3) is 5.34. The molecule has 8 heteroatoms. The first kappa shape index (κ1) is 25.8. The van der Waals surface area contributed by atoms with Crippen LogP contribution in [0.2, 0.25) is 0 Å². The van der Waals surface area contributed by atoms with Gasteiger partial charge in [-0.1, -0.05) is 37.5 Å². The number of carbonyl (C=O) groups excluding carboxylic acids is 2. The third-order valence-corrected chi connectivity index (χ3v) is 7.50. The quantitative estimate of drug-likeness (QED) is 0.326. The number of nitrogens with one attached hydrogen (secondary N) is 1. The number of ether oxygens (including phenoxy) is 2. The van der Waals surface area contributed by atoms with Crippen molar-refractivity contribution in [1.82, 2.24) is 10.3 Å². The SMILES string of the molecule is O=C(NC1CCCCC1)[C@@H](c1ccc2ncccc2c1)N(C(=O)c1ccc2c(c1)OCCO2)c1cccc(F)c1. The molecule has 1 aliphatic carbocycles. The average molecular weight is 540 g/mol. The van der Waals surface area contributed by atoms with Crippen molar-refractivity contribution in [3.8, 4) is 11.5 Å². The van der Waals surface area contributed by atoms with Gasteiger partial charge < -0.3 is 14.8 Å². The van der Waals surface area contributed by atoms with Gasteiger partial charge in [0.15, 0.2) is 11.5 Å². The Balaban J connectivity index is 1.47. The molecule has 1 saturated carbocycles. The molecule has 2 aliphatic rings. The maximum Gasteiger partial charge on any atom is 0.259 e. The molecule has 40 heavy (non-hydrogen) atoms. The standard InChI is InChI=1S/C32H30FN3O4/c33-24-7-4-10-26(20-24)36(32(38)23-12-14-28-29(19-23)40-17-16-39-28)30(31(37)35-25-8-2-1-3-9-25)22-11-13-27-21(18-22)6-5-15-34-27/h4-7,10-15,18-20,25,30H,1-3,8-9,16-17H2,(H,35,37)/t30-/m1/s1. The van der Waals surface area contributed by atoms with Gasteiger partial charge in [-0.15, -0.1) is 0 Å². The number of nitrogens with zero attached hydrogens (tertiary/aromatic N) is 2. The molecule has 0 unspecified atom stereocenters. The summed E-state index contributed by atoms with van der Waals surface area (Å²) in [5.41, 5.74) is 1.94. The first-order valence-electron chi connectivity index (χ1n) is 13.7. The predicted molar refractivity (Wildman–Crippen MR) is 150 cm³/mol. The van der Waals surface area contributed by atoms with E-state index in [0.717, 1.165) is 43.0 Å². The highest BCUT2D eigenvalue weighted by atomic mass is 19.1. The topological polar surface area (TPSA) is 80.8 Å². The normalized spacial score (nSPS) is 15.8. The maximum absolute atomic E-state index is 14.6. The van der Waals surface area contributed by atoms with Gasteiger partial charge in [-0.05, 0) is 73.0 Å². The summed E-state index contributed by atoms with van der Waals surface area (Å²) in [6.45, 7) is 0.797. The molecule has 4 aromatic rings. The van der Waals surface area contributed by atoms with E-state index in [9.17, 15) is 14.0 Å². The monoisotopic (exact) mass is 539 g/mol. The number of aromatic nitrogens is 1. The number of pyridine rings is 1. The van der Waals surface area contributed by atoms with Crippen LogP contribution in [0.25, 0.3) is 10.9 Å².